The van der Waals surface area contributed by atoms with E-state index < -0.39 is 0 Å². The molecule has 1 aliphatic rings. The van der Waals surface area contributed by atoms with Gasteiger partial charge in [0.1, 0.15) is 0 Å². The van der Waals surface area contributed by atoms with Gasteiger partial charge in [-0.3, -0.25) is 0 Å². The molecule has 1 fully saturated rings. The Hall–Kier alpha value is -1.28. The Kier molecular flexibility index (Phi) is 2.89. The van der Waals surface area contributed by atoms with E-state index in [0.29, 0.717) is 0 Å². The molecule has 1 aromatic carbocycles. The lowest BCUT2D eigenvalue weighted by Crippen LogP contribution is -2.17. The zero-order valence-electron chi connectivity index (χ0n) is 10.4. The van der Waals surface area contributed by atoms with Gasteiger partial charge in [-0.2, -0.15) is 0 Å². The van der Waals surface area contributed by atoms with Crippen LogP contribution in [0, 0.1) is 5.92 Å². The lowest BCUT2D eigenvalue weighted by molar-refractivity contribution is 0.600. The molecule has 1 aromatic heterocycles. The van der Waals surface area contributed by atoms with E-state index in [1.165, 1.54) is 35.7 Å². The lowest BCUT2D eigenvalue weighted by Gasteiger charge is -2.05. The summed E-state index contributed by atoms with van der Waals surface area (Å²) in [5.74, 6) is 0.936. The number of H-pyrrole nitrogens is 1. The molecule has 0 saturated heterocycles. The zero-order valence-corrected chi connectivity index (χ0v) is 10.4. The van der Waals surface area contributed by atoms with E-state index in [0.717, 1.165) is 18.5 Å². The first-order valence-corrected chi connectivity index (χ1v) is 6.67. The van der Waals surface area contributed by atoms with Crippen LogP contribution in [0.3, 0.4) is 0 Å². The number of hydrogen-bond donors (Lipinski definition) is 2. The van der Waals surface area contributed by atoms with Crippen molar-refractivity contribution in [2.24, 2.45) is 5.92 Å². The summed E-state index contributed by atoms with van der Waals surface area (Å²) >= 11 is 0. The van der Waals surface area contributed by atoms with E-state index in [4.69, 9.17) is 0 Å². The van der Waals surface area contributed by atoms with Crippen LogP contribution in [0.4, 0.5) is 0 Å². The summed E-state index contributed by atoms with van der Waals surface area (Å²) in [5.41, 5.74) is 2.65. The number of fused-ring (bicyclic) bond motifs is 1. The summed E-state index contributed by atoms with van der Waals surface area (Å²) in [6.07, 6.45) is 6.09. The number of aromatic nitrogens is 1. The third-order valence-electron chi connectivity index (χ3n) is 3.82. The summed E-state index contributed by atoms with van der Waals surface area (Å²) in [4.78, 5) is 3.26. The summed E-state index contributed by atoms with van der Waals surface area (Å²) in [6, 6.07) is 9.43. The maximum Gasteiger partial charge on any atom is 0.0457 e. The van der Waals surface area contributed by atoms with Gasteiger partial charge >= 0.3 is 0 Å². The Balaban J connectivity index is 1.64. The van der Waals surface area contributed by atoms with Gasteiger partial charge in [-0.15, -0.1) is 0 Å². The van der Waals surface area contributed by atoms with Gasteiger partial charge in [0.25, 0.3) is 0 Å². The van der Waals surface area contributed by atoms with Crippen LogP contribution in [-0.4, -0.2) is 11.0 Å². The quantitative estimate of drug-likeness (QED) is 0.806. The molecule has 3 rings (SSSR count). The maximum atomic E-state index is 3.68. The Labute approximate surface area is 102 Å². The average Bonchev–Trinajstić information content (AvgIpc) is 2.90. The van der Waals surface area contributed by atoms with Crippen molar-refractivity contribution >= 4 is 10.9 Å². The smallest absolute Gasteiger partial charge is 0.0457 e. The van der Waals surface area contributed by atoms with E-state index in [1.807, 2.05) is 6.20 Å². The Morgan fingerprint density at radius 3 is 3.18 bits per heavy atom. The second kappa shape index (κ2) is 4.53. The van der Waals surface area contributed by atoms with Gasteiger partial charge in [-0.25, -0.2) is 0 Å². The van der Waals surface area contributed by atoms with Crippen LogP contribution >= 0.6 is 0 Å². The Morgan fingerprint density at radius 2 is 2.29 bits per heavy atom. The van der Waals surface area contributed by atoms with Gasteiger partial charge in [0.05, 0.1) is 0 Å². The fourth-order valence-electron chi connectivity index (χ4n) is 2.73. The maximum absolute atomic E-state index is 3.68. The molecule has 0 amide bonds. The zero-order chi connectivity index (χ0) is 11.7. The first-order valence-electron chi connectivity index (χ1n) is 6.67. The van der Waals surface area contributed by atoms with Crippen LogP contribution in [0.15, 0.2) is 30.5 Å². The van der Waals surface area contributed by atoms with Crippen molar-refractivity contribution in [2.75, 3.05) is 0 Å². The topological polar surface area (TPSA) is 27.8 Å². The SMILES string of the molecule is CCCC1CC1NCc1cccc2[nH]ccc12. The van der Waals surface area contributed by atoms with E-state index in [9.17, 15) is 0 Å². The third kappa shape index (κ3) is 2.22. The molecule has 0 bridgehead atoms. The minimum Gasteiger partial charge on any atom is -0.361 e. The van der Waals surface area contributed by atoms with Gasteiger partial charge in [-0.1, -0.05) is 25.5 Å². The standard InChI is InChI=1S/C15H20N2/c1-2-4-11-9-15(11)17-10-12-5-3-6-14-13(12)7-8-16-14/h3,5-8,11,15-17H,2,4,9-10H2,1H3. The second-order valence-corrected chi connectivity index (χ2v) is 5.13. The molecule has 1 saturated carbocycles. The van der Waals surface area contributed by atoms with Crippen molar-refractivity contribution in [1.29, 1.82) is 0 Å². The molecule has 2 aromatic rings. The fraction of sp³-hybridized carbons (Fsp3) is 0.467. The summed E-state index contributed by atoms with van der Waals surface area (Å²) in [6.45, 7) is 3.27. The van der Waals surface area contributed by atoms with Crippen molar-refractivity contribution < 1.29 is 0 Å². The lowest BCUT2D eigenvalue weighted by atomic mass is 10.1. The first-order chi connectivity index (χ1) is 8.38. The molecule has 17 heavy (non-hydrogen) atoms. The van der Waals surface area contributed by atoms with Crippen LogP contribution in [-0.2, 0) is 6.54 Å². The number of aromatic amines is 1. The highest BCUT2D eigenvalue weighted by molar-refractivity contribution is 5.82. The first kappa shape index (κ1) is 10.8. The molecule has 90 valence electrons. The Morgan fingerprint density at radius 1 is 1.35 bits per heavy atom. The minimum absolute atomic E-state index is 0.768. The third-order valence-corrected chi connectivity index (χ3v) is 3.82. The highest BCUT2D eigenvalue weighted by atomic mass is 15.0. The molecule has 0 radical (unpaired) electrons. The van der Waals surface area contributed by atoms with Crippen LogP contribution in [0.2, 0.25) is 0 Å². The van der Waals surface area contributed by atoms with Crippen molar-refractivity contribution in [2.45, 2.75) is 38.8 Å². The molecule has 1 heterocycles. The van der Waals surface area contributed by atoms with E-state index in [2.05, 4.69) is 41.5 Å². The highest BCUT2D eigenvalue weighted by Crippen LogP contribution is 2.34. The van der Waals surface area contributed by atoms with Crippen molar-refractivity contribution in [3.05, 3.63) is 36.0 Å². The van der Waals surface area contributed by atoms with E-state index >= 15 is 0 Å². The highest BCUT2D eigenvalue weighted by Gasteiger charge is 2.35. The van der Waals surface area contributed by atoms with Crippen LogP contribution < -0.4 is 5.32 Å². The number of nitrogens with one attached hydrogen (secondary N) is 2. The minimum atomic E-state index is 0.768. The normalized spacial score (nSPS) is 23.1. The van der Waals surface area contributed by atoms with Crippen LogP contribution in [0.5, 0.6) is 0 Å². The molecule has 2 nitrogen and oxygen atoms in total. The monoisotopic (exact) mass is 228 g/mol. The molecule has 2 N–H and O–H groups in total. The summed E-state index contributed by atoms with van der Waals surface area (Å²) in [5, 5.41) is 5.03. The number of rotatable bonds is 5. The summed E-state index contributed by atoms with van der Waals surface area (Å²) < 4.78 is 0. The van der Waals surface area contributed by atoms with Gasteiger partial charge in [0, 0.05) is 29.7 Å². The van der Waals surface area contributed by atoms with Crippen molar-refractivity contribution in [1.82, 2.24) is 10.3 Å². The molecule has 0 aliphatic heterocycles. The molecule has 2 atom stereocenters. The predicted molar refractivity (Wildman–Crippen MR) is 71.9 cm³/mol. The number of benzene rings is 1. The largest absolute Gasteiger partial charge is 0.361 e. The van der Waals surface area contributed by atoms with Gasteiger partial charge in [0.2, 0.25) is 0 Å². The van der Waals surface area contributed by atoms with Crippen LogP contribution in [0.1, 0.15) is 31.7 Å². The predicted octanol–water partition coefficient (Wildman–Crippen LogP) is 3.45. The molecule has 2 heteroatoms. The molecular formula is C15H20N2. The van der Waals surface area contributed by atoms with Gasteiger partial charge in [0.15, 0.2) is 0 Å². The molecular weight excluding hydrogens is 208 g/mol. The van der Waals surface area contributed by atoms with Gasteiger partial charge in [-0.05, 0) is 36.5 Å². The summed E-state index contributed by atoms with van der Waals surface area (Å²) in [7, 11) is 0. The molecule has 0 spiro atoms. The number of hydrogen-bond acceptors (Lipinski definition) is 1. The van der Waals surface area contributed by atoms with Gasteiger partial charge < -0.3 is 10.3 Å². The second-order valence-electron chi connectivity index (χ2n) is 5.13. The molecule has 2 unspecified atom stereocenters. The molecule has 1 aliphatic carbocycles. The Bertz CT molecular complexity index is 500. The van der Waals surface area contributed by atoms with Crippen molar-refractivity contribution in [3.8, 4) is 0 Å². The average molecular weight is 228 g/mol. The van der Waals surface area contributed by atoms with E-state index in [1.54, 1.807) is 0 Å². The van der Waals surface area contributed by atoms with E-state index in [-0.39, 0.29) is 0 Å². The van der Waals surface area contributed by atoms with Crippen LogP contribution in [0.25, 0.3) is 10.9 Å². The van der Waals surface area contributed by atoms with Crippen molar-refractivity contribution in [3.63, 3.8) is 0 Å². The fourth-order valence-corrected chi connectivity index (χ4v) is 2.73.